The molecule has 168 valence electrons. The second-order valence-electron chi connectivity index (χ2n) is 8.58. The van der Waals surface area contributed by atoms with Crippen molar-refractivity contribution in [3.05, 3.63) is 58.9 Å². The molecule has 0 unspecified atom stereocenters. The van der Waals surface area contributed by atoms with Crippen LogP contribution in [0.2, 0.25) is 0 Å². The maximum atomic E-state index is 12.4. The highest BCUT2D eigenvalue weighted by Crippen LogP contribution is 2.26. The molecule has 0 saturated carbocycles. The SMILES string of the molecule is CN(CCCC(=O)Nc1cccc(-c2n[nH]c(=O)c3ccccc23)c1)C(=O)OC(C)(C)C. The Labute approximate surface area is 186 Å². The first-order valence-electron chi connectivity index (χ1n) is 10.5. The molecule has 0 aliphatic heterocycles. The summed E-state index contributed by atoms with van der Waals surface area (Å²) in [4.78, 5) is 37.9. The summed E-state index contributed by atoms with van der Waals surface area (Å²) >= 11 is 0. The van der Waals surface area contributed by atoms with E-state index in [1.165, 1.54) is 4.90 Å². The summed E-state index contributed by atoms with van der Waals surface area (Å²) in [5, 5.41) is 10.9. The van der Waals surface area contributed by atoms with E-state index >= 15 is 0 Å². The van der Waals surface area contributed by atoms with E-state index in [0.29, 0.717) is 29.7 Å². The molecule has 3 rings (SSSR count). The standard InChI is InChI=1S/C24H28N4O4/c1-24(2,3)32-23(31)28(4)14-8-13-20(29)25-17-10-7-9-16(15-17)21-18-11-5-6-12-19(18)22(30)27-26-21/h5-7,9-12,15H,8,13-14H2,1-4H3,(H,25,29)(H,27,30). The summed E-state index contributed by atoms with van der Waals surface area (Å²) in [5.41, 5.74) is 1.24. The molecule has 3 aromatic rings. The Kier molecular flexibility index (Phi) is 6.92. The van der Waals surface area contributed by atoms with Crippen molar-refractivity contribution >= 4 is 28.5 Å². The van der Waals surface area contributed by atoms with Gasteiger partial charge in [-0.2, -0.15) is 5.10 Å². The summed E-state index contributed by atoms with van der Waals surface area (Å²) in [7, 11) is 1.65. The van der Waals surface area contributed by atoms with Crippen LogP contribution in [0, 0.1) is 0 Å². The van der Waals surface area contributed by atoms with Gasteiger partial charge in [0.15, 0.2) is 0 Å². The van der Waals surface area contributed by atoms with Gasteiger partial charge >= 0.3 is 6.09 Å². The largest absolute Gasteiger partial charge is 0.444 e. The van der Waals surface area contributed by atoms with Crippen molar-refractivity contribution in [1.82, 2.24) is 15.1 Å². The van der Waals surface area contributed by atoms with Crippen LogP contribution < -0.4 is 10.9 Å². The van der Waals surface area contributed by atoms with Crippen molar-refractivity contribution < 1.29 is 14.3 Å². The van der Waals surface area contributed by atoms with Crippen molar-refractivity contribution in [2.75, 3.05) is 18.9 Å². The van der Waals surface area contributed by atoms with Gasteiger partial charge in [0.2, 0.25) is 5.91 Å². The number of hydrogen-bond donors (Lipinski definition) is 2. The number of aromatic nitrogens is 2. The molecule has 0 aliphatic rings. The van der Waals surface area contributed by atoms with Crippen molar-refractivity contribution in [2.45, 2.75) is 39.2 Å². The van der Waals surface area contributed by atoms with E-state index in [9.17, 15) is 14.4 Å². The van der Waals surface area contributed by atoms with Crippen LogP contribution in [0.15, 0.2) is 53.3 Å². The van der Waals surface area contributed by atoms with Crippen molar-refractivity contribution in [2.24, 2.45) is 0 Å². The Morgan fingerprint density at radius 1 is 1.09 bits per heavy atom. The van der Waals surface area contributed by atoms with Gasteiger partial charge in [-0.05, 0) is 45.4 Å². The summed E-state index contributed by atoms with van der Waals surface area (Å²) < 4.78 is 5.30. The molecular weight excluding hydrogens is 408 g/mol. The Morgan fingerprint density at radius 3 is 2.53 bits per heavy atom. The second kappa shape index (κ2) is 9.64. The number of nitrogens with one attached hydrogen (secondary N) is 2. The molecule has 1 aromatic heterocycles. The summed E-state index contributed by atoms with van der Waals surface area (Å²) in [6.45, 7) is 5.85. The maximum Gasteiger partial charge on any atom is 0.410 e. The third-order valence-electron chi connectivity index (χ3n) is 4.72. The minimum absolute atomic E-state index is 0.154. The molecule has 32 heavy (non-hydrogen) atoms. The number of fused-ring (bicyclic) bond motifs is 1. The summed E-state index contributed by atoms with van der Waals surface area (Å²) in [6, 6.07) is 14.6. The fourth-order valence-electron chi connectivity index (χ4n) is 3.21. The molecule has 2 amide bonds. The monoisotopic (exact) mass is 436 g/mol. The fraction of sp³-hybridized carbons (Fsp3) is 0.333. The Morgan fingerprint density at radius 2 is 1.81 bits per heavy atom. The molecule has 1 heterocycles. The zero-order valence-electron chi connectivity index (χ0n) is 18.8. The van der Waals surface area contributed by atoms with E-state index < -0.39 is 11.7 Å². The van der Waals surface area contributed by atoms with Crippen LogP contribution in [0.3, 0.4) is 0 Å². The van der Waals surface area contributed by atoms with Gasteiger partial charge in [0.05, 0.1) is 11.1 Å². The van der Waals surface area contributed by atoms with E-state index in [0.717, 1.165) is 10.9 Å². The number of anilines is 1. The number of carbonyl (C=O) groups is 2. The summed E-state index contributed by atoms with van der Waals surface area (Å²) in [5.74, 6) is -0.154. The molecule has 2 aromatic carbocycles. The predicted molar refractivity (Wildman–Crippen MR) is 125 cm³/mol. The smallest absolute Gasteiger partial charge is 0.410 e. The number of aromatic amines is 1. The highest BCUT2D eigenvalue weighted by atomic mass is 16.6. The Balaban J connectivity index is 1.62. The minimum atomic E-state index is -0.556. The number of amides is 2. The number of rotatable bonds is 6. The van der Waals surface area contributed by atoms with Gasteiger partial charge in [-0.1, -0.05) is 30.3 Å². The van der Waals surface area contributed by atoms with E-state index in [4.69, 9.17) is 4.74 Å². The average molecular weight is 437 g/mol. The summed E-state index contributed by atoms with van der Waals surface area (Å²) in [6.07, 6.45) is 0.358. The molecule has 8 heteroatoms. The van der Waals surface area contributed by atoms with Crippen LogP contribution >= 0.6 is 0 Å². The Bertz CT molecular complexity index is 1180. The molecule has 0 bridgehead atoms. The first-order valence-corrected chi connectivity index (χ1v) is 10.5. The van der Waals surface area contributed by atoms with Gasteiger partial charge in [-0.15, -0.1) is 0 Å². The van der Waals surface area contributed by atoms with Crippen molar-refractivity contribution in [3.8, 4) is 11.3 Å². The topological polar surface area (TPSA) is 104 Å². The predicted octanol–water partition coefficient (Wildman–Crippen LogP) is 4.18. The lowest BCUT2D eigenvalue weighted by atomic mass is 10.0. The molecule has 8 nitrogen and oxygen atoms in total. The van der Waals surface area contributed by atoms with Gasteiger partial charge in [0.25, 0.3) is 5.56 Å². The van der Waals surface area contributed by atoms with Crippen LogP contribution in [0.5, 0.6) is 0 Å². The van der Waals surface area contributed by atoms with E-state index in [2.05, 4.69) is 15.5 Å². The molecule has 0 saturated heterocycles. The number of nitrogens with zero attached hydrogens (tertiary/aromatic N) is 2. The highest BCUT2D eigenvalue weighted by molar-refractivity contribution is 5.95. The van der Waals surface area contributed by atoms with Gasteiger partial charge in [-0.3, -0.25) is 9.59 Å². The lowest BCUT2D eigenvalue weighted by Gasteiger charge is -2.24. The number of carbonyl (C=O) groups excluding carboxylic acids is 2. The van der Waals surface area contributed by atoms with Gasteiger partial charge in [0, 0.05) is 36.7 Å². The van der Waals surface area contributed by atoms with E-state index in [1.807, 2.05) is 51.1 Å². The third-order valence-corrected chi connectivity index (χ3v) is 4.72. The first-order chi connectivity index (χ1) is 15.1. The zero-order valence-corrected chi connectivity index (χ0v) is 18.8. The quantitative estimate of drug-likeness (QED) is 0.603. The van der Waals surface area contributed by atoms with Crippen molar-refractivity contribution in [1.29, 1.82) is 0 Å². The van der Waals surface area contributed by atoms with E-state index in [1.54, 1.807) is 25.2 Å². The highest BCUT2D eigenvalue weighted by Gasteiger charge is 2.19. The van der Waals surface area contributed by atoms with Crippen LogP contribution in [0.1, 0.15) is 33.6 Å². The van der Waals surface area contributed by atoms with Gasteiger partial charge in [-0.25, -0.2) is 9.89 Å². The minimum Gasteiger partial charge on any atom is -0.444 e. The first kappa shape index (κ1) is 23.0. The molecule has 2 N–H and O–H groups in total. The van der Waals surface area contributed by atoms with Crippen LogP contribution in [-0.2, 0) is 9.53 Å². The Hall–Kier alpha value is -3.68. The number of ether oxygens (including phenoxy) is 1. The number of H-pyrrole nitrogens is 1. The van der Waals surface area contributed by atoms with Crippen LogP contribution in [0.25, 0.3) is 22.0 Å². The van der Waals surface area contributed by atoms with Gasteiger partial charge < -0.3 is 15.0 Å². The average Bonchev–Trinajstić information content (AvgIpc) is 2.73. The fourth-order valence-corrected chi connectivity index (χ4v) is 3.21. The van der Waals surface area contributed by atoms with Crippen LogP contribution in [0.4, 0.5) is 10.5 Å². The van der Waals surface area contributed by atoms with E-state index in [-0.39, 0.29) is 17.9 Å². The third kappa shape index (κ3) is 5.94. The molecule has 0 aliphatic carbocycles. The molecule has 0 spiro atoms. The molecular formula is C24H28N4O4. The zero-order chi connectivity index (χ0) is 23.3. The second-order valence-corrected chi connectivity index (χ2v) is 8.58. The normalized spacial score (nSPS) is 11.2. The van der Waals surface area contributed by atoms with Gasteiger partial charge in [0.1, 0.15) is 5.60 Å². The molecule has 0 fully saturated rings. The van der Waals surface area contributed by atoms with Crippen molar-refractivity contribution in [3.63, 3.8) is 0 Å². The van der Waals surface area contributed by atoms with Crippen LogP contribution in [-0.4, -0.2) is 46.3 Å². The lowest BCUT2D eigenvalue weighted by molar-refractivity contribution is -0.116. The molecule has 0 radical (unpaired) electrons. The molecule has 0 atom stereocenters. The number of benzene rings is 2. The lowest BCUT2D eigenvalue weighted by Crippen LogP contribution is -2.35. The maximum absolute atomic E-state index is 12.4. The number of hydrogen-bond acceptors (Lipinski definition) is 5.